The Kier molecular flexibility index (Phi) is 5.51. The normalized spacial score (nSPS) is 49.7. The summed E-state index contributed by atoms with van der Waals surface area (Å²) in [6, 6.07) is 0. The van der Waals surface area contributed by atoms with Crippen molar-refractivity contribution < 1.29 is 23.8 Å². The lowest BCUT2D eigenvalue weighted by atomic mass is 9.44. The minimum absolute atomic E-state index is 0.115. The maximum absolute atomic E-state index is 12.1. The second-order valence-electron chi connectivity index (χ2n) is 12.0. The number of methoxy groups -OCH3 is 1. The fraction of sp³-hybridized carbons (Fsp3) is 0.852. The molecule has 0 radical (unpaired) electrons. The number of hydrogen-bond donors (Lipinski definition) is 0. The summed E-state index contributed by atoms with van der Waals surface area (Å²) in [5, 5.41) is 0. The molecule has 0 bridgehead atoms. The van der Waals surface area contributed by atoms with Crippen molar-refractivity contribution in [3.05, 3.63) is 12.2 Å². The van der Waals surface area contributed by atoms with Crippen LogP contribution in [0.25, 0.3) is 0 Å². The van der Waals surface area contributed by atoms with Gasteiger partial charge in [0.05, 0.1) is 6.61 Å². The lowest BCUT2D eigenvalue weighted by Crippen LogP contribution is -2.56. The van der Waals surface area contributed by atoms with Crippen LogP contribution in [-0.2, 0) is 23.8 Å². The average molecular weight is 445 g/mol. The molecule has 0 aromatic rings. The first-order valence-corrected chi connectivity index (χ1v) is 12.8. The Labute approximate surface area is 192 Å². The van der Waals surface area contributed by atoms with Crippen LogP contribution in [0.3, 0.4) is 0 Å². The Bertz CT molecular complexity index is 806. The van der Waals surface area contributed by atoms with Crippen LogP contribution in [0.4, 0.5) is 0 Å². The Hall–Kier alpha value is -1.36. The molecule has 5 aliphatic rings. The number of hydrogen-bond acceptors (Lipinski definition) is 5. The van der Waals surface area contributed by atoms with E-state index in [1.165, 1.54) is 45.4 Å². The summed E-state index contributed by atoms with van der Waals surface area (Å²) in [7, 11) is 1.71. The van der Waals surface area contributed by atoms with Gasteiger partial charge in [0.25, 0.3) is 0 Å². The molecular formula is C27H40O5. The summed E-state index contributed by atoms with van der Waals surface area (Å²) in [4.78, 5) is 23.6. The molecular weight excluding hydrogens is 404 g/mol. The molecule has 0 saturated heterocycles. The predicted octanol–water partition coefficient (Wildman–Crippen LogP) is 5.08. The van der Waals surface area contributed by atoms with Crippen molar-refractivity contribution in [1.82, 2.24) is 0 Å². The number of carbonyl (C=O) groups is 2. The van der Waals surface area contributed by atoms with Gasteiger partial charge in [-0.2, -0.15) is 0 Å². The van der Waals surface area contributed by atoms with Crippen LogP contribution in [0.15, 0.2) is 12.2 Å². The van der Waals surface area contributed by atoms with Crippen LogP contribution >= 0.6 is 0 Å². The molecule has 4 aliphatic carbocycles. The standard InChI is InChI=1S/C27H40O5/c1-17(28)31-19-9-12-25(2)18(15-19)5-6-20-21-7-8-23(26(21,3)13-10-22(20)25)27(16-30-4)14-11-24(29)32-27/h11,14,18-23H,5-10,12-13,15-16H2,1-4H3/t18-,19-,20-,21-,22-,23-,25-,26-,27?/m0/s1. The van der Waals surface area contributed by atoms with Gasteiger partial charge in [0.1, 0.15) is 6.10 Å². The van der Waals surface area contributed by atoms with E-state index in [0.29, 0.717) is 29.8 Å². The van der Waals surface area contributed by atoms with Crippen molar-refractivity contribution in [1.29, 1.82) is 0 Å². The van der Waals surface area contributed by atoms with Gasteiger partial charge in [0.15, 0.2) is 5.60 Å². The molecule has 5 rings (SSSR count). The quantitative estimate of drug-likeness (QED) is 0.566. The second-order valence-corrected chi connectivity index (χ2v) is 12.0. The molecule has 0 spiro atoms. The number of fused-ring (bicyclic) bond motifs is 5. The molecule has 32 heavy (non-hydrogen) atoms. The minimum Gasteiger partial charge on any atom is -0.463 e. The van der Waals surface area contributed by atoms with E-state index < -0.39 is 5.60 Å². The van der Waals surface area contributed by atoms with E-state index in [1.54, 1.807) is 13.2 Å². The van der Waals surface area contributed by atoms with E-state index in [9.17, 15) is 9.59 Å². The van der Waals surface area contributed by atoms with Crippen LogP contribution in [-0.4, -0.2) is 37.4 Å². The fourth-order valence-electron chi connectivity index (χ4n) is 9.42. The van der Waals surface area contributed by atoms with Gasteiger partial charge in [-0.25, -0.2) is 4.79 Å². The van der Waals surface area contributed by atoms with Gasteiger partial charge in [-0.3, -0.25) is 4.79 Å². The van der Waals surface area contributed by atoms with Crippen LogP contribution in [0.1, 0.15) is 78.6 Å². The molecule has 0 amide bonds. The Balaban J connectivity index is 1.37. The van der Waals surface area contributed by atoms with E-state index in [-0.39, 0.29) is 23.5 Å². The van der Waals surface area contributed by atoms with E-state index >= 15 is 0 Å². The van der Waals surface area contributed by atoms with Crippen molar-refractivity contribution in [2.45, 2.75) is 90.3 Å². The molecule has 0 N–H and O–H groups in total. The zero-order valence-electron chi connectivity index (χ0n) is 20.2. The summed E-state index contributed by atoms with van der Waals surface area (Å²) in [6.45, 7) is 7.01. The van der Waals surface area contributed by atoms with Gasteiger partial charge in [-0.05, 0) is 98.4 Å². The smallest absolute Gasteiger partial charge is 0.331 e. The van der Waals surface area contributed by atoms with E-state index in [2.05, 4.69) is 13.8 Å². The summed E-state index contributed by atoms with van der Waals surface area (Å²) in [6.07, 6.45) is 14.3. The largest absolute Gasteiger partial charge is 0.463 e. The summed E-state index contributed by atoms with van der Waals surface area (Å²) in [5.74, 6) is 2.85. The third-order valence-corrected chi connectivity index (χ3v) is 10.7. The molecule has 4 saturated carbocycles. The first-order valence-electron chi connectivity index (χ1n) is 12.8. The fourth-order valence-corrected chi connectivity index (χ4v) is 9.42. The number of cyclic esters (lactones) is 1. The third kappa shape index (κ3) is 3.28. The molecule has 178 valence electrons. The molecule has 0 aromatic carbocycles. The maximum Gasteiger partial charge on any atom is 0.331 e. The molecule has 1 heterocycles. The zero-order chi connectivity index (χ0) is 22.7. The van der Waals surface area contributed by atoms with Gasteiger partial charge < -0.3 is 14.2 Å². The molecule has 5 heteroatoms. The molecule has 0 aromatic heterocycles. The number of ether oxygens (including phenoxy) is 3. The van der Waals surface area contributed by atoms with Crippen molar-refractivity contribution in [3.63, 3.8) is 0 Å². The van der Waals surface area contributed by atoms with E-state index in [0.717, 1.165) is 31.1 Å². The van der Waals surface area contributed by atoms with E-state index in [4.69, 9.17) is 14.2 Å². The monoisotopic (exact) mass is 444 g/mol. The van der Waals surface area contributed by atoms with Gasteiger partial charge in [0.2, 0.25) is 0 Å². The first kappa shape index (κ1) is 22.4. The van der Waals surface area contributed by atoms with Crippen LogP contribution in [0, 0.1) is 40.4 Å². The second kappa shape index (κ2) is 7.85. The highest BCUT2D eigenvalue weighted by Gasteiger charge is 2.64. The van der Waals surface area contributed by atoms with Crippen molar-refractivity contribution >= 4 is 11.9 Å². The van der Waals surface area contributed by atoms with Crippen molar-refractivity contribution in [2.24, 2.45) is 40.4 Å². The first-order chi connectivity index (χ1) is 15.2. The number of esters is 2. The van der Waals surface area contributed by atoms with Gasteiger partial charge in [-0.15, -0.1) is 0 Å². The van der Waals surface area contributed by atoms with Crippen molar-refractivity contribution in [3.8, 4) is 0 Å². The lowest BCUT2D eigenvalue weighted by Gasteiger charge is -2.61. The van der Waals surface area contributed by atoms with E-state index in [1.807, 2.05) is 6.08 Å². The average Bonchev–Trinajstić information content (AvgIpc) is 3.28. The predicted molar refractivity (Wildman–Crippen MR) is 121 cm³/mol. The van der Waals surface area contributed by atoms with Gasteiger partial charge in [-0.1, -0.05) is 13.8 Å². The molecule has 9 atom stereocenters. The molecule has 5 nitrogen and oxygen atoms in total. The molecule has 1 aliphatic heterocycles. The summed E-state index contributed by atoms with van der Waals surface area (Å²) >= 11 is 0. The Morgan fingerprint density at radius 2 is 1.81 bits per heavy atom. The van der Waals surface area contributed by atoms with Crippen LogP contribution in [0.5, 0.6) is 0 Å². The van der Waals surface area contributed by atoms with Gasteiger partial charge >= 0.3 is 11.9 Å². The highest BCUT2D eigenvalue weighted by Crippen LogP contribution is 2.69. The topological polar surface area (TPSA) is 61.8 Å². The highest BCUT2D eigenvalue weighted by atomic mass is 16.6. The summed E-state index contributed by atoms with van der Waals surface area (Å²) in [5.41, 5.74) is -0.0406. The SMILES string of the molecule is COCC1([C@H]2CC[C@H]3[C@@H]4CC[C@H]5C[C@@H](OC(C)=O)CC[C@]5(C)[C@H]4CC[C@]23C)C=CC(=O)O1. The Morgan fingerprint density at radius 1 is 1.06 bits per heavy atom. The molecule has 1 unspecified atom stereocenters. The highest BCUT2D eigenvalue weighted by molar-refractivity contribution is 5.85. The number of rotatable bonds is 4. The zero-order valence-corrected chi connectivity index (χ0v) is 20.2. The lowest BCUT2D eigenvalue weighted by molar-refractivity contribution is -0.173. The van der Waals surface area contributed by atoms with Crippen LogP contribution in [0.2, 0.25) is 0 Å². The number of carbonyl (C=O) groups excluding carboxylic acids is 2. The summed E-state index contributed by atoms with van der Waals surface area (Å²) < 4.78 is 17.2. The Morgan fingerprint density at radius 3 is 2.50 bits per heavy atom. The van der Waals surface area contributed by atoms with Crippen molar-refractivity contribution in [2.75, 3.05) is 13.7 Å². The third-order valence-electron chi connectivity index (χ3n) is 10.7. The van der Waals surface area contributed by atoms with Gasteiger partial charge in [0, 0.05) is 26.0 Å². The minimum atomic E-state index is -0.592. The molecule has 4 fully saturated rings. The van der Waals surface area contributed by atoms with Crippen LogP contribution < -0.4 is 0 Å². The maximum atomic E-state index is 12.1.